The van der Waals surface area contributed by atoms with Gasteiger partial charge in [0.15, 0.2) is 0 Å². The van der Waals surface area contributed by atoms with Crippen LogP contribution in [0.4, 0.5) is 0 Å². The van der Waals surface area contributed by atoms with Crippen molar-refractivity contribution in [3.8, 4) is 0 Å². The zero-order valence-corrected chi connectivity index (χ0v) is 2.72. The third-order valence-corrected chi connectivity index (χ3v) is 0.425. The standard InChI is InChI=1S/C4H4O.2CH4/c1-2-4-5-3-1;;/h1-4H;2*1H4. The van der Waals surface area contributed by atoms with Gasteiger partial charge in [-0.05, 0) is 12.1 Å². The van der Waals surface area contributed by atoms with E-state index in [2.05, 4.69) is 4.42 Å². The van der Waals surface area contributed by atoms with Crippen LogP contribution in [0.25, 0.3) is 0 Å². The fraction of sp³-hybridized carbons (Fsp3) is 0.333. The van der Waals surface area contributed by atoms with E-state index < -0.39 is 0 Å². The molecule has 1 rings (SSSR count). The van der Waals surface area contributed by atoms with Crippen LogP contribution in [0.1, 0.15) is 14.9 Å². The molecule has 7 heavy (non-hydrogen) atoms. The van der Waals surface area contributed by atoms with E-state index in [-0.39, 0.29) is 14.9 Å². The first-order chi connectivity index (χ1) is 2.50. The van der Waals surface area contributed by atoms with Crippen LogP contribution in [0.3, 0.4) is 0 Å². The van der Waals surface area contributed by atoms with E-state index in [1.165, 1.54) is 0 Å². The van der Waals surface area contributed by atoms with Gasteiger partial charge < -0.3 is 4.42 Å². The molecule has 0 saturated heterocycles. The second kappa shape index (κ2) is 5.28. The van der Waals surface area contributed by atoms with Crippen LogP contribution in [0.15, 0.2) is 29.1 Å². The van der Waals surface area contributed by atoms with Crippen molar-refractivity contribution in [1.29, 1.82) is 0 Å². The highest BCUT2D eigenvalue weighted by Crippen LogP contribution is 1.79. The van der Waals surface area contributed by atoms with Gasteiger partial charge in [-0.2, -0.15) is 0 Å². The molecule has 0 fully saturated rings. The van der Waals surface area contributed by atoms with Crippen LogP contribution in [0.5, 0.6) is 0 Å². The molecule has 0 amide bonds. The maximum absolute atomic E-state index is 4.58. The van der Waals surface area contributed by atoms with E-state index in [1.807, 2.05) is 12.1 Å². The molecule has 1 aromatic rings. The minimum Gasteiger partial charge on any atom is -0.473 e. The first-order valence-corrected chi connectivity index (χ1v) is 1.47. The summed E-state index contributed by atoms with van der Waals surface area (Å²) in [5.74, 6) is 0. The molecule has 0 aliphatic rings. The summed E-state index contributed by atoms with van der Waals surface area (Å²) in [6.07, 6.45) is 3.25. The highest BCUT2D eigenvalue weighted by atomic mass is 16.3. The zero-order chi connectivity index (χ0) is 3.54. The fourth-order valence-electron chi connectivity index (χ4n) is 0.227. The molecule has 0 spiro atoms. The van der Waals surface area contributed by atoms with E-state index in [4.69, 9.17) is 0 Å². The van der Waals surface area contributed by atoms with Crippen LogP contribution in [-0.4, -0.2) is 0 Å². The highest BCUT2D eigenvalue weighted by molar-refractivity contribution is 4.79. The van der Waals surface area contributed by atoms with Gasteiger partial charge in [-0.25, -0.2) is 0 Å². The van der Waals surface area contributed by atoms with Crippen LogP contribution in [0.2, 0.25) is 0 Å². The SMILES string of the molecule is C.C.c1ccoc1. The Labute approximate surface area is 45.0 Å². The maximum Gasteiger partial charge on any atom is 0.0902 e. The maximum atomic E-state index is 4.58. The van der Waals surface area contributed by atoms with Crippen molar-refractivity contribution in [1.82, 2.24) is 0 Å². The van der Waals surface area contributed by atoms with Crippen molar-refractivity contribution in [2.75, 3.05) is 0 Å². The van der Waals surface area contributed by atoms with Crippen molar-refractivity contribution in [2.45, 2.75) is 14.9 Å². The van der Waals surface area contributed by atoms with E-state index in [1.54, 1.807) is 12.5 Å². The predicted octanol–water partition coefficient (Wildman–Crippen LogP) is 2.55. The summed E-state index contributed by atoms with van der Waals surface area (Å²) in [7, 11) is 0. The first-order valence-electron chi connectivity index (χ1n) is 1.47. The van der Waals surface area contributed by atoms with Crippen LogP contribution in [0, 0.1) is 0 Å². The molecule has 0 aliphatic carbocycles. The molecule has 0 saturated carbocycles. The van der Waals surface area contributed by atoms with Crippen molar-refractivity contribution in [3.63, 3.8) is 0 Å². The Balaban J connectivity index is 0. The molecule has 0 aromatic carbocycles. The Morgan fingerprint density at radius 1 is 0.857 bits per heavy atom. The van der Waals surface area contributed by atoms with Gasteiger partial charge in [0.05, 0.1) is 12.5 Å². The van der Waals surface area contributed by atoms with E-state index in [0.717, 1.165) is 0 Å². The molecule has 1 aromatic heterocycles. The van der Waals surface area contributed by atoms with Crippen LogP contribution >= 0.6 is 0 Å². The molecular formula is C6H12O. The Hall–Kier alpha value is -0.720. The van der Waals surface area contributed by atoms with Gasteiger partial charge in [0, 0.05) is 0 Å². The van der Waals surface area contributed by atoms with Gasteiger partial charge in [0.25, 0.3) is 0 Å². The summed E-state index contributed by atoms with van der Waals surface area (Å²) in [5.41, 5.74) is 0. The lowest BCUT2D eigenvalue weighted by Gasteiger charge is -1.50. The molecule has 0 atom stereocenters. The summed E-state index contributed by atoms with van der Waals surface area (Å²) < 4.78 is 4.58. The molecule has 1 heteroatoms. The molecular weight excluding hydrogens is 88.1 g/mol. The monoisotopic (exact) mass is 100 g/mol. The van der Waals surface area contributed by atoms with Gasteiger partial charge in [-0.1, -0.05) is 14.9 Å². The van der Waals surface area contributed by atoms with Crippen molar-refractivity contribution < 1.29 is 4.42 Å². The molecule has 1 heterocycles. The van der Waals surface area contributed by atoms with Gasteiger partial charge in [-0.3, -0.25) is 0 Å². The second-order valence-corrected chi connectivity index (χ2v) is 0.793. The van der Waals surface area contributed by atoms with Crippen molar-refractivity contribution in [3.05, 3.63) is 24.7 Å². The molecule has 0 radical (unpaired) electrons. The van der Waals surface area contributed by atoms with Gasteiger partial charge in [0.2, 0.25) is 0 Å². The lowest BCUT2D eigenvalue weighted by atomic mass is 10.7. The van der Waals surface area contributed by atoms with Gasteiger partial charge in [0.1, 0.15) is 0 Å². The minimum absolute atomic E-state index is 0. The van der Waals surface area contributed by atoms with Crippen LogP contribution in [-0.2, 0) is 0 Å². The number of furan rings is 1. The zero-order valence-electron chi connectivity index (χ0n) is 2.72. The third kappa shape index (κ3) is 3.10. The molecule has 1 nitrogen and oxygen atoms in total. The summed E-state index contributed by atoms with van der Waals surface area (Å²) >= 11 is 0. The Morgan fingerprint density at radius 2 is 1.29 bits per heavy atom. The number of hydrogen-bond acceptors (Lipinski definition) is 1. The van der Waals surface area contributed by atoms with Gasteiger partial charge in [-0.15, -0.1) is 0 Å². The van der Waals surface area contributed by atoms with Gasteiger partial charge >= 0.3 is 0 Å². The molecule has 0 aliphatic heterocycles. The van der Waals surface area contributed by atoms with E-state index in [9.17, 15) is 0 Å². The Morgan fingerprint density at radius 3 is 1.43 bits per heavy atom. The molecule has 0 unspecified atom stereocenters. The Kier molecular flexibility index (Phi) is 7.21. The largest absolute Gasteiger partial charge is 0.473 e. The highest BCUT2D eigenvalue weighted by Gasteiger charge is 1.58. The summed E-state index contributed by atoms with van der Waals surface area (Å²) in [6.45, 7) is 0. The smallest absolute Gasteiger partial charge is 0.0902 e. The lowest BCUT2D eigenvalue weighted by molar-refractivity contribution is 0.567. The second-order valence-electron chi connectivity index (χ2n) is 0.793. The minimum atomic E-state index is 0. The average Bonchev–Trinajstić information content (AvgIpc) is 1.76. The normalized spacial score (nSPS) is 5.71. The lowest BCUT2D eigenvalue weighted by Crippen LogP contribution is -1.16. The average molecular weight is 100 g/mol. The Bertz CT molecular complexity index is 60.7. The molecule has 42 valence electrons. The quantitative estimate of drug-likeness (QED) is 0.488. The summed E-state index contributed by atoms with van der Waals surface area (Å²) in [4.78, 5) is 0. The summed E-state index contributed by atoms with van der Waals surface area (Å²) in [6, 6.07) is 3.67. The van der Waals surface area contributed by atoms with Crippen molar-refractivity contribution >= 4 is 0 Å². The van der Waals surface area contributed by atoms with Crippen molar-refractivity contribution in [2.24, 2.45) is 0 Å². The van der Waals surface area contributed by atoms with E-state index >= 15 is 0 Å². The number of rotatable bonds is 0. The predicted molar refractivity (Wildman–Crippen MR) is 32.2 cm³/mol. The molecule has 0 N–H and O–H groups in total. The fourth-order valence-corrected chi connectivity index (χ4v) is 0.227. The van der Waals surface area contributed by atoms with E-state index in [0.29, 0.717) is 0 Å². The first kappa shape index (κ1) is 9.56. The third-order valence-electron chi connectivity index (χ3n) is 0.425. The number of hydrogen-bond donors (Lipinski definition) is 0. The molecule has 0 bridgehead atoms. The topological polar surface area (TPSA) is 13.1 Å². The van der Waals surface area contributed by atoms with Crippen LogP contribution < -0.4 is 0 Å². The summed E-state index contributed by atoms with van der Waals surface area (Å²) in [5, 5.41) is 0.